The average Bonchev–Trinajstić information content (AvgIpc) is 1.60. The zero-order valence-electron chi connectivity index (χ0n) is 90.6. The van der Waals surface area contributed by atoms with E-state index in [0.29, 0.717) is 340 Å². The first-order valence-electron chi connectivity index (χ1n) is 52.9. The number of amides is 4. The summed E-state index contributed by atoms with van der Waals surface area (Å²) in [4.78, 5) is 122. The molecule has 5 N–H and O–H groups in total. The van der Waals surface area contributed by atoms with Gasteiger partial charge in [-0.15, -0.1) is 0 Å². The van der Waals surface area contributed by atoms with Crippen LogP contribution in [0.25, 0.3) is 0 Å². The van der Waals surface area contributed by atoms with E-state index in [9.17, 15) is 43.2 Å². The minimum atomic E-state index is -1.34. The summed E-state index contributed by atoms with van der Waals surface area (Å²) in [6.07, 6.45) is 1.82. The second-order valence-corrected chi connectivity index (χ2v) is 38.1. The number of carbonyl (C=O) groups is 9. The third-order valence-corrected chi connectivity index (χ3v) is 23.9. The molecule has 4 rings (SSSR count). The van der Waals surface area contributed by atoms with Crippen LogP contribution in [0.1, 0.15) is 161 Å². The smallest absolute Gasteiger partial charge is 0.347 e. The summed E-state index contributed by atoms with van der Waals surface area (Å²) in [5.74, 6) is -6.19. The van der Waals surface area contributed by atoms with Gasteiger partial charge < -0.3 is 154 Å². The van der Waals surface area contributed by atoms with E-state index < -0.39 is 101 Å². The fraction of sp³-hybridized carbons (Fsp3) is 0.785. The number of methoxy groups -OCH3 is 1. The molecule has 1 fully saturated rings. The lowest BCUT2D eigenvalue weighted by Crippen LogP contribution is -2.55. The number of esters is 2. The van der Waals surface area contributed by atoms with Gasteiger partial charge in [0.25, 0.3) is 0 Å². The Morgan fingerprint density at radius 3 is 1.24 bits per heavy atom. The number of aliphatic carboxylic acids is 1. The molecule has 4 amide bonds. The summed E-state index contributed by atoms with van der Waals surface area (Å²) in [7, 11) is 1.64. The van der Waals surface area contributed by atoms with Crippen molar-refractivity contribution in [1.29, 1.82) is 0 Å². The first-order chi connectivity index (χ1) is 72.1. The van der Waals surface area contributed by atoms with E-state index in [1.807, 2.05) is 71.0 Å². The molecule has 0 aromatic heterocycles. The predicted octanol–water partition coefficient (Wildman–Crippen LogP) is 8.38. The highest BCUT2D eigenvalue weighted by Crippen LogP contribution is 2.46. The number of carboxylic acids is 1. The molecule has 2 aromatic rings. The number of benzene rings is 2. The maximum Gasteiger partial charge on any atom is 0.347 e. The molecule has 0 bridgehead atoms. The Hall–Kier alpha value is -6.90. The van der Waals surface area contributed by atoms with Crippen LogP contribution in [0.2, 0.25) is 5.02 Å². The second kappa shape index (κ2) is 87.3. The summed E-state index contributed by atoms with van der Waals surface area (Å²) >= 11 is 6.47. The fourth-order valence-corrected chi connectivity index (χ4v) is 14.7. The molecule has 0 saturated carbocycles. The highest BCUT2D eigenvalue weighted by atomic mass is 35.5. The van der Waals surface area contributed by atoms with E-state index in [0.717, 1.165) is 16.7 Å². The number of ketones is 2. The van der Waals surface area contributed by atoms with Gasteiger partial charge in [-0.1, -0.05) is 102 Å². The number of hydrogen-bond donors (Lipinski definition) is 5. The molecule has 41 nitrogen and oxygen atoms in total. The summed E-state index contributed by atoms with van der Waals surface area (Å²) in [5.41, 5.74) is 1.39. The van der Waals surface area contributed by atoms with Gasteiger partial charge in [-0.25, -0.2) is 4.79 Å². The van der Waals surface area contributed by atoms with E-state index >= 15 is 0 Å². The zero-order valence-corrected chi connectivity index (χ0v) is 91.4. The van der Waals surface area contributed by atoms with Gasteiger partial charge in [0.05, 0.1) is 328 Å². The molecule has 9 atom stereocenters. The average molecular weight is 2150 g/mol. The van der Waals surface area contributed by atoms with Gasteiger partial charge in [0.15, 0.2) is 11.9 Å². The van der Waals surface area contributed by atoms with E-state index in [1.165, 1.54) is 6.08 Å². The topological polar surface area (TPSA) is 474 Å². The molecular weight excluding hydrogens is 1970 g/mol. The number of epoxide rings is 1. The molecule has 2 aromatic carbocycles. The zero-order chi connectivity index (χ0) is 108. The molecule has 42 heteroatoms. The van der Waals surface area contributed by atoms with Crippen LogP contribution in [0, 0.1) is 35.5 Å². The lowest BCUT2D eigenvalue weighted by atomic mass is 9.84. The SMILES string of the molecule is COCCOCCOCCOCCOCCOCCOCCOCCOCCOCCOCCOCCOCCOCCOCCOCCOCCOCCOCCOCCOCCOCCOCCOCCC(=O)NCCCC[C@H](CC(=O)[C@@H](NC(=O)CCCC(=O)O)C(C)C)C(=O)CCc1ccc([C@H]2O[C@@H]2[C@@H](C)[C@@H]2C/C=C/C(=O)N[C@H](Cc3ccc(C)c(Cl)c3)C(=O)N[C@@H](C)C(C)(C)C(=O)O[C@@H](CC(C)(C)C)C(=O)O2)cc1. The van der Waals surface area contributed by atoms with Crippen molar-refractivity contribution in [1.82, 2.24) is 21.3 Å². The van der Waals surface area contributed by atoms with Crippen molar-refractivity contribution < 1.29 is 176 Å². The minimum Gasteiger partial charge on any atom is -0.481 e. The first-order valence-corrected chi connectivity index (χ1v) is 53.3. The Morgan fingerprint density at radius 1 is 0.477 bits per heavy atom. The van der Waals surface area contributed by atoms with Crippen molar-refractivity contribution in [2.24, 2.45) is 28.6 Å². The fourth-order valence-electron chi connectivity index (χ4n) is 14.5. The summed E-state index contributed by atoms with van der Waals surface area (Å²) in [6.45, 7) is 39.5. The van der Waals surface area contributed by atoms with Crippen molar-refractivity contribution in [2.75, 3.05) is 324 Å². The Kier molecular flexibility index (Phi) is 78.7. The van der Waals surface area contributed by atoms with Crippen molar-refractivity contribution >= 4 is 64.7 Å². The normalized spacial score (nSPS) is 17.6. The number of cyclic esters (lactones) is 2. The van der Waals surface area contributed by atoms with Gasteiger partial charge in [-0.3, -0.25) is 38.4 Å². The van der Waals surface area contributed by atoms with Crippen molar-refractivity contribution in [3.05, 3.63) is 81.9 Å². The van der Waals surface area contributed by atoms with E-state index in [-0.39, 0.29) is 94.4 Å². The van der Waals surface area contributed by atoms with Crippen molar-refractivity contribution in [3.63, 3.8) is 0 Å². The van der Waals surface area contributed by atoms with Gasteiger partial charge in [-0.2, -0.15) is 0 Å². The molecule has 0 spiro atoms. The van der Waals surface area contributed by atoms with E-state index in [4.69, 9.17) is 145 Å². The summed E-state index contributed by atoms with van der Waals surface area (Å²) in [5, 5.41) is 21.0. The number of carbonyl (C=O) groups excluding carboxylic acids is 8. The molecule has 0 aliphatic carbocycles. The molecule has 2 aliphatic rings. The number of carboxylic acid groups (broad SMARTS) is 1. The molecule has 1 saturated heterocycles. The molecular formula is C107H179ClN4O37. The molecule has 0 unspecified atom stereocenters. The Bertz CT molecular complexity index is 3830. The van der Waals surface area contributed by atoms with E-state index in [2.05, 4.69) is 21.3 Å². The summed E-state index contributed by atoms with van der Waals surface area (Å²) < 4.78 is 151. The number of rotatable bonds is 96. The number of unbranched alkanes of at least 4 members (excludes halogenated alkanes) is 1. The molecule has 2 heterocycles. The third kappa shape index (κ3) is 70.3. The predicted molar refractivity (Wildman–Crippen MR) is 551 cm³/mol. The third-order valence-electron chi connectivity index (χ3n) is 23.5. The van der Waals surface area contributed by atoms with Crippen LogP contribution >= 0.6 is 11.6 Å². The number of nitrogens with one attached hydrogen (secondary N) is 4. The van der Waals surface area contributed by atoms with Gasteiger partial charge >= 0.3 is 17.9 Å². The highest BCUT2D eigenvalue weighted by Gasteiger charge is 2.49. The van der Waals surface area contributed by atoms with Crippen LogP contribution in [-0.4, -0.2) is 419 Å². The van der Waals surface area contributed by atoms with Gasteiger partial charge in [-0.05, 0) is 99.1 Å². The monoisotopic (exact) mass is 2150 g/mol. The van der Waals surface area contributed by atoms with Crippen LogP contribution in [0.5, 0.6) is 0 Å². The van der Waals surface area contributed by atoms with Crippen LogP contribution in [0.15, 0.2) is 54.6 Å². The number of hydrogen-bond acceptors (Lipinski definition) is 36. The molecule has 856 valence electrons. The number of halogens is 1. The first kappa shape index (κ1) is 134. The highest BCUT2D eigenvalue weighted by molar-refractivity contribution is 6.31. The lowest BCUT2D eigenvalue weighted by molar-refractivity contribution is -0.181. The Morgan fingerprint density at radius 2 is 0.866 bits per heavy atom. The van der Waals surface area contributed by atoms with Crippen LogP contribution in [0.3, 0.4) is 0 Å². The number of Topliss-reactive ketones (excluding diaryl/α,β-unsaturated/α-hetero) is 2. The van der Waals surface area contributed by atoms with E-state index in [1.54, 1.807) is 53.9 Å². The van der Waals surface area contributed by atoms with Crippen LogP contribution in [-0.2, 0) is 184 Å². The van der Waals surface area contributed by atoms with Crippen molar-refractivity contribution in [2.45, 2.75) is 195 Å². The largest absolute Gasteiger partial charge is 0.481 e. The number of aryl methyl sites for hydroxylation is 2. The number of ether oxygens (including phenoxy) is 27. The van der Waals surface area contributed by atoms with Gasteiger partial charge in [0, 0.05) is 87.9 Å². The second-order valence-electron chi connectivity index (χ2n) is 37.7. The van der Waals surface area contributed by atoms with Crippen LogP contribution in [0.4, 0.5) is 0 Å². The Labute approximate surface area is 887 Å². The van der Waals surface area contributed by atoms with Crippen LogP contribution < -0.4 is 21.3 Å². The van der Waals surface area contributed by atoms with Crippen molar-refractivity contribution in [3.8, 4) is 0 Å². The Balaban J connectivity index is 0.937. The van der Waals surface area contributed by atoms with Gasteiger partial charge in [0.1, 0.15) is 24.0 Å². The molecule has 0 radical (unpaired) electrons. The minimum absolute atomic E-state index is 0.0655. The summed E-state index contributed by atoms with van der Waals surface area (Å²) in [6, 6.07) is 10.3. The molecule has 149 heavy (non-hydrogen) atoms. The van der Waals surface area contributed by atoms with Gasteiger partial charge in [0.2, 0.25) is 23.6 Å². The molecule has 2 aliphatic heterocycles. The maximum absolute atomic E-state index is 14.4. The maximum atomic E-state index is 14.4. The quantitative estimate of drug-likeness (QED) is 0.0236. The standard InChI is InChI=1S/C107H179ClN4O37/c1-82(2)100(112-98(117)19-15-20-99(118)119)93(114)80-89(92(113)28-25-86-23-26-88(27-24-86)102-101(149-102)84(4)94-17-14-18-97(116)111-91(79-87-22-21-83(3)90(108)78-87)103(120)110-85(5)107(9,10)105(122)148-95(104(121)147-94)81-106(6,7)8)16-12-13-30-109-96(115)29-31-124-34-35-126-38-39-128-42-43-130-46-47-132-50-51-134-54-55-136-58-59-138-62-63-140-66-67-142-70-71-144-74-75-146-77-76-145-73-72-143-69-68-141-65-64-139-61-60-137-57-56-135-53-52-133-49-48-131-45-44-129-41-40-127-37-36-125-33-32-123-11/h14,18,21-24,26-27,78,82,84-85,89,91,94-95,100-102H,12-13,15-17,19-20,25,28-77,79-81H2,1-11H3,(H,109,115)(H,110,120)(H,111,116)(H,112,117)(H,118,119)/b18-14+/t84-,85-,89+,91+,94-,95-,100-,101+,102+/m0/s1. The lowest BCUT2D eigenvalue weighted by Gasteiger charge is -2.34.